The van der Waals surface area contributed by atoms with Gasteiger partial charge in [-0.2, -0.15) is 0 Å². The lowest BCUT2D eigenvalue weighted by Crippen LogP contribution is -2.54. The first-order valence-corrected chi connectivity index (χ1v) is 6.43. The minimum Gasteiger partial charge on any atom is -0.326 e. The Morgan fingerprint density at radius 3 is 2.37 bits per heavy atom. The highest BCUT2D eigenvalue weighted by atomic mass is 35.5. The van der Waals surface area contributed by atoms with Gasteiger partial charge in [0.2, 0.25) is 11.8 Å². The maximum Gasteiger partial charge on any atom is 0.240 e. The Hall–Kier alpha value is -1.43. The summed E-state index contributed by atoms with van der Waals surface area (Å²) in [6, 6.07) is 6.83. The lowest BCUT2D eigenvalue weighted by Gasteiger charge is -2.36. The Morgan fingerprint density at radius 2 is 1.84 bits per heavy atom. The van der Waals surface area contributed by atoms with Gasteiger partial charge in [0.25, 0.3) is 0 Å². The molecule has 1 aromatic rings. The van der Waals surface area contributed by atoms with Crippen molar-refractivity contribution in [3.63, 3.8) is 0 Å². The van der Waals surface area contributed by atoms with Crippen LogP contribution in [0.2, 0.25) is 5.02 Å². The standard InChI is InChI=1S/C13H16ClN3O2/c1-8(15)13(9-4-2-3-5-10(9)14)17-6-11(18)16-12(19)7-17/h2-5,8,13H,6-7,15H2,1H3,(H,16,18,19). The molecule has 1 aliphatic rings. The van der Waals surface area contributed by atoms with Crippen LogP contribution >= 0.6 is 11.6 Å². The molecule has 19 heavy (non-hydrogen) atoms. The minimum absolute atomic E-state index is 0.142. The summed E-state index contributed by atoms with van der Waals surface area (Å²) in [5.74, 6) is -0.622. The summed E-state index contributed by atoms with van der Waals surface area (Å²) in [6.45, 7) is 2.12. The van der Waals surface area contributed by atoms with Crippen LogP contribution in [0, 0.1) is 0 Å². The molecule has 2 atom stereocenters. The van der Waals surface area contributed by atoms with Gasteiger partial charge >= 0.3 is 0 Å². The summed E-state index contributed by atoms with van der Waals surface area (Å²) in [7, 11) is 0. The number of nitrogens with one attached hydrogen (secondary N) is 1. The second-order valence-electron chi connectivity index (χ2n) is 4.70. The summed E-state index contributed by atoms with van der Waals surface area (Å²) in [6.07, 6.45) is 0. The number of halogens is 1. The quantitative estimate of drug-likeness (QED) is 0.799. The van der Waals surface area contributed by atoms with Gasteiger partial charge in [-0.25, -0.2) is 0 Å². The van der Waals surface area contributed by atoms with Crippen molar-refractivity contribution in [1.29, 1.82) is 0 Å². The number of hydrogen-bond donors (Lipinski definition) is 2. The third kappa shape index (κ3) is 3.12. The third-order valence-corrected chi connectivity index (χ3v) is 3.43. The highest BCUT2D eigenvalue weighted by Gasteiger charge is 2.32. The normalized spacial score (nSPS) is 19.9. The van der Waals surface area contributed by atoms with E-state index in [0.29, 0.717) is 5.02 Å². The van der Waals surface area contributed by atoms with Gasteiger partial charge < -0.3 is 5.73 Å². The molecule has 2 unspecified atom stereocenters. The van der Waals surface area contributed by atoms with Gasteiger partial charge in [0.15, 0.2) is 0 Å². The molecule has 1 heterocycles. The molecule has 0 aromatic heterocycles. The predicted molar refractivity (Wildman–Crippen MR) is 72.6 cm³/mol. The lowest BCUT2D eigenvalue weighted by molar-refractivity contribution is -0.137. The second kappa shape index (κ2) is 5.69. The number of nitrogens with zero attached hydrogens (tertiary/aromatic N) is 1. The summed E-state index contributed by atoms with van der Waals surface area (Å²) in [5.41, 5.74) is 6.85. The predicted octanol–water partition coefficient (Wildman–Crippen LogP) is 0.687. The number of carbonyl (C=O) groups excluding carboxylic acids is 2. The molecular weight excluding hydrogens is 266 g/mol. The summed E-state index contributed by atoms with van der Waals surface area (Å²) >= 11 is 6.19. The van der Waals surface area contributed by atoms with Gasteiger partial charge in [0.1, 0.15) is 0 Å². The smallest absolute Gasteiger partial charge is 0.240 e. The monoisotopic (exact) mass is 281 g/mol. The average molecular weight is 282 g/mol. The molecule has 0 bridgehead atoms. The van der Waals surface area contributed by atoms with Crippen molar-refractivity contribution in [1.82, 2.24) is 10.2 Å². The van der Waals surface area contributed by atoms with Crippen LogP contribution in [0.1, 0.15) is 18.5 Å². The molecule has 102 valence electrons. The second-order valence-corrected chi connectivity index (χ2v) is 5.11. The van der Waals surface area contributed by atoms with E-state index in [4.69, 9.17) is 17.3 Å². The molecule has 0 spiro atoms. The molecule has 3 N–H and O–H groups in total. The molecule has 0 radical (unpaired) electrons. The molecule has 1 aliphatic heterocycles. The maximum absolute atomic E-state index is 11.5. The fraction of sp³-hybridized carbons (Fsp3) is 0.385. The average Bonchev–Trinajstić information content (AvgIpc) is 2.30. The highest BCUT2D eigenvalue weighted by molar-refractivity contribution is 6.31. The first-order valence-electron chi connectivity index (χ1n) is 6.06. The third-order valence-electron chi connectivity index (χ3n) is 3.09. The number of benzene rings is 1. The van der Waals surface area contributed by atoms with Gasteiger partial charge in [-0.05, 0) is 18.6 Å². The van der Waals surface area contributed by atoms with Gasteiger partial charge in [-0.15, -0.1) is 0 Å². The molecule has 0 aliphatic carbocycles. The summed E-state index contributed by atoms with van der Waals surface area (Å²) in [5, 5.41) is 2.86. The largest absolute Gasteiger partial charge is 0.326 e. The van der Waals surface area contributed by atoms with Crippen LogP contribution in [0.25, 0.3) is 0 Å². The summed E-state index contributed by atoms with van der Waals surface area (Å²) < 4.78 is 0. The van der Waals surface area contributed by atoms with Crippen molar-refractivity contribution in [3.05, 3.63) is 34.9 Å². The van der Waals surface area contributed by atoms with E-state index in [-0.39, 0.29) is 37.0 Å². The van der Waals surface area contributed by atoms with Crippen molar-refractivity contribution in [2.24, 2.45) is 5.73 Å². The molecule has 2 amide bonds. The molecule has 1 fully saturated rings. The Bertz CT molecular complexity index is 488. The van der Waals surface area contributed by atoms with Crippen molar-refractivity contribution in [2.75, 3.05) is 13.1 Å². The summed E-state index contributed by atoms with van der Waals surface area (Å²) in [4.78, 5) is 24.7. The van der Waals surface area contributed by atoms with E-state index >= 15 is 0 Å². The number of rotatable bonds is 3. The molecule has 1 saturated heterocycles. The topological polar surface area (TPSA) is 75.4 Å². The Kier molecular flexibility index (Phi) is 4.19. The van der Waals surface area contributed by atoms with Crippen LogP contribution in [-0.2, 0) is 9.59 Å². The Labute approximate surface area is 116 Å². The maximum atomic E-state index is 11.5. The van der Waals surface area contributed by atoms with E-state index < -0.39 is 0 Å². The zero-order chi connectivity index (χ0) is 14.0. The Morgan fingerprint density at radius 1 is 1.26 bits per heavy atom. The first-order chi connectivity index (χ1) is 8.99. The van der Waals surface area contributed by atoms with E-state index in [1.54, 1.807) is 11.0 Å². The van der Waals surface area contributed by atoms with E-state index in [0.717, 1.165) is 5.56 Å². The molecular formula is C13H16ClN3O2. The lowest BCUT2D eigenvalue weighted by atomic mass is 9.98. The first kappa shape index (κ1) is 14.0. The van der Waals surface area contributed by atoms with Crippen molar-refractivity contribution < 1.29 is 9.59 Å². The minimum atomic E-state index is -0.311. The molecule has 0 saturated carbocycles. The van der Waals surface area contributed by atoms with Gasteiger partial charge in [0.05, 0.1) is 19.1 Å². The fourth-order valence-electron chi connectivity index (χ4n) is 2.38. The molecule has 6 heteroatoms. The van der Waals surface area contributed by atoms with Gasteiger partial charge in [0, 0.05) is 11.1 Å². The SMILES string of the molecule is CC(N)C(c1ccccc1Cl)N1CC(=O)NC(=O)C1. The number of nitrogens with two attached hydrogens (primary N) is 1. The fourth-order valence-corrected chi connectivity index (χ4v) is 2.63. The molecule has 1 aromatic carbocycles. The van der Waals surface area contributed by atoms with Crippen LogP contribution < -0.4 is 11.1 Å². The number of hydrogen-bond acceptors (Lipinski definition) is 4. The number of carbonyl (C=O) groups is 2. The Balaban J connectivity index is 2.33. The van der Waals surface area contributed by atoms with E-state index in [9.17, 15) is 9.59 Å². The van der Waals surface area contributed by atoms with Crippen LogP contribution in [0.4, 0.5) is 0 Å². The van der Waals surface area contributed by atoms with E-state index in [1.165, 1.54) is 0 Å². The van der Waals surface area contributed by atoms with Crippen molar-refractivity contribution >= 4 is 23.4 Å². The molecule has 5 nitrogen and oxygen atoms in total. The van der Waals surface area contributed by atoms with Crippen molar-refractivity contribution in [3.8, 4) is 0 Å². The van der Waals surface area contributed by atoms with Crippen LogP contribution in [0.5, 0.6) is 0 Å². The van der Waals surface area contributed by atoms with Crippen LogP contribution in [0.15, 0.2) is 24.3 Å². The zero-order valence-electron chi connectivity index (χ0n) is 10.6. The van der Waals surface area contributed by atoms with Crippen molar-refractivity contribution in [2.45, 2.75) is 19.0 Å². The number of piperazine rings is 1. The molecule has 2 rings (SSSR count). The van der Waals surface area contributed by atoms with E-state index in [1.807, 2.05) is 25.1 Å². The van der Waals surface area contributed by atoms with Crippen LogP contribution in [0.3, 0.4) is 0 Å². The van der Waals surface area contributed by atoms with Gasteiger partial charge in [-0.1, -0.05) is 29.8 Å². The number of imide groups is 1. The van der Waals surface area contributed by atoms with Crippen LogP contribution in [-0.4, -0.2) is 35.8 Å². The number of amides is 2. The highest BCUT2D eigenvalue weighted by Crippen LogP contribution is 2.29. The van der Waals surface area contributed by atoms with Gasteiger partial charge in [-0.3, -0.25) is 19.8 Å². The zero-order valence-corrected chi connectivity index (χ0v) is 11.4. The van der Waals surface area contributed by atoms with E-state index in [2.05, 4.69) is 5.32 Å².